The molecule has 1 aromatic carbocycles. The Labute approximate surface area is 138 Å². The number of fused-ring (bicyclic) bond motifs is 1. The summed E-state index contributed by atoms with van der Waals surface area (Å²) in [4.78, 5) is 2.31. The third-order valence-corrected chi connectivity index (χ3v) is 6.62. The summed E-state index contributed by atoms with van der Waals surface area (Å²) < 4.78 is 26.6. The SMILES string of the molecule is CCCS(=O)(=O)NC1CCN([C@H]2Cc3ccccc3[C@H]2O)CC1. The largest absolute Gasteiger partial charge is 0.387 e. The van der Waals surface area contributed by atoms with Gasteiger partial charge in [0, 0.05) is 25.2 Å². The van der Waals surface area contributed by atoms with E-state index in [1.165, 1.54) is 5.56 Å². The van der Waals surface area contributed by atoms with Crippen LogP contribution in [-0.2, 0) is 16.4 Å². The Hall–Kier alpha value is -0.950. The molecule has 1 aromatic rings. The quantitative estimate of drug-likeness (QED) is 0.852. The third-order valence-electron chi connectivity index (χ3n) is 4.98. The standard InChI is InChI=1S/C17H26N2O3S/c1-2-11-23(21,22)18-14-7-9-19(10-8-14)16-12-13-5-3-4-6-15(13)17(16)20/h3-6,14,16-18,20H,2,7-12H2,1H3/t16-,17+/m0/s1. The summed E-state index contributed by atoms with van der Waals surface area (Å²) in [7, 11) is -3.14. The monoisotopic (exact) mass is 338 g/mol. The maximum absolute atomic E-state index is 11.9. The van der Waals surface area contributed by atoms with Gasteiger partial charge in [-0.25, -0.2) is 13.1 Å². The van der Waals surface area contributed by atoms with Gasteiger partial charge in [0.05, 0.1) is 11.9 Å². The van der Waals surface area contributed by atoms with Crippen LogP contribution in [0.5, 0.6) is 0 Å². The van der Waals surface area contributed by atoms with Gasteiger partial charge in [-0.05, 0) is 36.8 Å². The van der Waals surface area contributed by atoms with Crippen molar-refractivity contribution in [3.8, 4) is 0 Å². The van der Waals surface area contributed by atoms with E-state index in [4.69, 9.17) is 0 Å². The highest BCUT2D eigenvalue weighted by atomic mass is 32.2. The average Bonchev–Trinajstić information content (AvgIpc) is 2.85. The summed E-state index contributed by atoms with van der Waals surface area (Å²) in [6.07, 6.45) is 2.70. The van der Waals surface area contributed by atoms with Crippen LogP contribution in [0, 0.1) is 0 Å². The molecule has 2 atom stereocenters. The van der Waals surface area contributed by atoms with Gasteiger partial charge in [0.2, 0.25) is 10.0 Å². The van der Waals surface area contributed by atoms with Gasteiger partial charge < -0.3 is 5.11 Å². The molecule has 0 aromatic heterocycles. The lowest BCUT2D eigenvalue weighted by atomic mass is 10.0. The summed E-state index contributed by atoms with van der Waals surface area (Å²) in [6.45, 7) is 3.53. The molecule has 0 bridgehead atoms. The molecule has 0 unspecified atom stereocenters. The number of nitrogens with one attached hydrogen (secondary N) is 1. The van der Waals surface area contributed by atoms with Crippen molar-refractivity contribution in [3.63, 3.8) is 0 Å². The van der Waals surface area contributed by atoms with E-state index in [9.17, 15) is 13.5 Å². The van der Waals surface area contributed by atoms with Crippen molar-refractivity contribution in [1.29, 1.82) is 0 Å². The molecule has 1 fully saturated rings. The molecule has 0 amide bonds. The first-order chi connectivity index (χ1) is 11.0. The van der Waals surface area contributed by atoms with E-state index in [1.54, 1.807) is 0 Å². The number of piperidine rings is 1. The third kappa shape index (κ3) is 3.76. The number of rotatable bonds is 5. The van der Waals surface area contributed by atoms with Crippen LogP contribution < -0.4 is 4.72 Å². The number of hydrogen-bond acceptors (Lipinski definition) is 4. The maximum atomic E-state index is 11.9. The lowest BCUT2D eigenvalue weighted by Crippen LogP contribution is -2.49. The second-order valence-electron chi connectivity index (χ2n) is 6.66. The topological polar surface area (TPSA) is 69.6 Å². The summed E-state index contributed by atoms with van der Waals surface area (Å²) >= 11 is 0. The van der Waals surface area contributed by atoms with Gasteiger partial charge >= 0.3 is 0 Å². The fourth-order valence-corrected chi connectivity index (χ4v) is 5.21. The van der Waals surface area contributed by atoms with Crippen LogP contribution in [0.3, 0.4) is 0 Å². The molecular weight excluding hydrogens is 312 g/mol. The highest BCUT2D eigenvalue weighted by Gasteiger charge is 2.36. The highest BCUT2D eigenvalue weighted by molar-refractivity contribution is 7.89. The first-order valence-corrected chi connectivity index (χ1v) is 10.2. The molecule has 128 valence electrons. The smallest absolute Gasteiger partial charge is 0.211 e. The van der Waals surface area contributed by atoms with Gasteiger partial charge in [0.1, 0.15) is 0 Å². The second kappa shape index (κ2) is 6.89. The van der Waals surface area contributed by atoms with E-state index in [0.717, 1.165) is 37.9 Å². The highest BCUT2D eigenvalue weighted by Crippen LogP contribution is 2.35. The van der Waals surface area contributed by atoms with E-state index < -0.39 is 16.1 Å². The Morgan fingerprint density at radius 1 is 1.26 bits per heavy atom. The minimum atomic E-state index is -3.14. The molecule has 1 aliphatic carbocycles. The molecule has 0 radical (unpaired) electrons. The lowest BCUT2D eigenvalue weighted by Gasteiger charge is -2.37. The van der Waals surface area contributed by atoms with Gasteiger partial charge in [-0.1, -0.05) is 31.2 Å². The molecular formula is C17H26N2O3S. The fraction of sp³-hybridized carbons (Fsp3) is 0.647. The van der Waals surface area contributed by atoms with Gasteiger partial charge in [-0.3, -0.25) is 4.90 Å². The summed E-state index contributed by atoms with van der Waals surface area (Å²) in [5.41, 5.74) is 2.28. The van der Waals surface area contributed by atoms with Crippen LogP contribution in [0.4, 0.5) is 0 Å². The van der Waals surface area contributed by atoms with Crippen LogP contribution in [-0.4, -0.2) is 49.4 Å². The zero-order valence-electron chi connectivity index (χ0n) is 13.6. The number of benzene rings is 1. The Kier molecular flexibility index (Phi) is 5.06. The maximum Gasteiger partial charge on any atom is 0.211 e. The number of likely N-dealkylation sites (tertiary alicyclic amines) is 1. The Morgan fingerprint density at radius 3 is 2.61 bits per heavy atom. The fourth-order valence-electron chi connectivity index (χ4n) is 3.81. The first kappa shape index (κ1) is 16.9. The summed E-state index contributed by atoms with van der Waals surface area (Å²) in [6, 6.07) is 8.24. The zero-order chi connectivity index (χ0) is 16.4. The van der Waals surface area contributed by atoms with Crippen molar-refractivity contribution in [2.24, 2.45) is 0 Å². The minimum Gasteiger partial charge on any atom is -0.387 e. The molecule has 5 nitrogen and oxygen atoms in total. The number of hydrogen-bond donors (Lipinski definition) is 2. The molecule has 2 N–H and O–H groups in total. The summed E-state index contributed by atoms with van der Waals surface area (Å²) in [5, 5.41) is 10.6. The normalized spacial score (nSPS) is 26.3. The molecule has 6 heteroatoms. The van der Waals surface area contributed by atoms with E-state index in [2.05, 4.69) is 15.7 Å². The molecule has 1 saturated heterocycles. The molecule has 0 saturated carbocycles. The zero-order valence-corrected chi connectivity index (χ0v) is 14.4. The molecule has 0 spiro atoms. The molecule has 1 heterocycles. The van der Waals surface area contributed by atoms with Crippen molar-refractivity contribution >= 4 is 10.0 Å². The number of aliphatic hydroxyl groups is 1. The predicted octanol–water partition coefficient (Wildman–Crippen LogP) is 1.44. The van der Waals surface area contributed by atoms with Crippen molar-refractivity contribution in [2.75, 3.05) is 18.8 Å². The Balaban J connectivity index is 1.56. The number of sulfonamides is 1. The van der Waals surface area contributed by atoms with Crippen LogP contribution in [0.1, 0.15) is 43.4 Å². The van der Waals surface area contributed by atoms with E-state index in [1.807, 2.05) is 25.1 Å². The minimum absolute atomic E-state index is 0.0312. The predicted molar refractivity (Wildman–Crippen MR) is 90.7 cm³/mol. The van der Waals surface area contributed by atoms with Crippen LogP contribution in [0.15, 0.2) is 24.3 Å². The van der Waals surface area contributed by atoms with Crippen LogP contribution >= 0.6 is 0 Å². The Bertz CT molecular complexity index is 639. The Morgan fingerprint density at radius 2 is 1.96 bits per heavy atom. The van der Waals surface area contributed by atoms with E-state index in [0.29, 0.717) is 6.42 Å². The molecule has 2 aliphatic rings. The van der Waals surface area contributed by atoms with Gasteiger partial charge in [-0.2, -0.15) is 0 Å². The van der Waals surface area contributed by atoms with Crippen molar-refractivity contribution in [1.82, 2.24) is 9.62 Å². The molecule has 23 heavy (non-hydrogen) atoms. The van der Waals surface area contributed by atoms with Crippen LogP contribution in [0.25, 0.3) is 0 Å². The van der Waals surface area contributed by atoms with Crippen molar-refractivity contribution < 1.29 is 13.5 Å². The summed E-state index contributed by atoms with van der Waals surface area (Å²) in [5.74, 6) is 0.198. The van der Waals surface area contributed by atoms with Crippen molar-refractivity contribution in [2.45, 2.75) is 50.8 Å². The second-order valence-corrected chi connectivity index (χ2v) is 8.54. The number of aliphatic hydroxyl groups excluding tert-OH is 1. The first-order valence-electron chi connectivity index (χ1n) is 8.50. The van der Waals surface area contributed by atoms with Gasteiger partial charge in [-0.15, -0.1) is 0 Å². The molecule has 3 rings (SSSR count). The molecule has 1 aliphatic heterocycles. The van der Waals surface area contributed by atoms with E-state index >= 15 is 0 Å². The van der Waals surface area contributed by atoms with Gasteiger partial charge in [0.25, 0.3) is 0 Å². The number of nitrogens with zero attached hydrogens (tertiary/aromatic N) is 1. The van der Waals surface area contributed by atoms with Gasteiger partial charge in [0.15, 0.2) is 0 Å². The van der Waals surface area contributed by atoms with Crippen LogP contribution in [0.2, 0.25) is 0 Å². The lowest BCUT2D eigenvalue weighted by molar-refractivity contribution is 0.0451. The average molecular weight is 338 g/mol. The van der Waals surface area contributed by atoms with E-state index in [-0.39, 0.29) is 17.8 Å². The van der Waals surface area contributed by atoms with Crippen molar-refractivity contribution in [3.05, 3.63) is 35.4 Å².